The monoisotopic (exact) mass is 529 g/mol. The van der Waals surface area contributed by atoms with Gasteiger partial charge in [-0.3, -0.25) is 9.69 Å². The van der Waals surface area contributed by atoms with E-state index in [9.17, 15) is 18.3 Å². The summed E-state index contributed by atoms with van der Waals surface area (Å²) in [6, 6.07) is 22.3. The first-order valence-corrected chi connectivity index (χ1v) is 14.7. The largest absolute Gasteiger partial charge is 0.508 e. The van der Waals surface area contributed by atoms with E-state index < -0.39 is 9.84 Å². The number of likely N-dealkylation sites (tertiary alicyclic amines) is 1. The molecular weight excluding hydrogens is 498 g/mol. The smallest absolute Gasteiger partial charge is 0.194 e. The van der Waals surface area contributed by atoms with Crippen molar-refractivity contribution >= 4 is 26.4 Å². The Morgan fingerprint density at radius 3 is 2.29 bits per heavy atom. The molecule has 0 radical (unpaired) electrons. The van der Waals surface area contributed by atoms with Crippen LogP contribution in [0.5, 0.6) is 11.5 Å². The number of benzene rings is 4. The van der Waals surface area contributed by atoms with Crippen LogP contribution >= 0.6 is 0 Å². The van der Waals surface area contributed by atoms with Gasteiger partial charge in [0, 0.05) is 23.9 Å². The van der Waals surface area contributed by atoms with Crippen LogP contribution in [0, 0.1) is 0 Å². The Balaban J connectivity index is 1.44. The summed E-state index contributed by atoms with van der Waals surface area (Å²) >= 11 is 0. The number of ketones is 1. The van der Waals surface area contributed by atoms with Gasteiger partial charge in [-0.15, -0.1) is 0 Å². The van der Waals surface area contributed by atoms with E-state index in [1.807, 2.05) is 24.3 Å². The van der Waals surface area contributed by atoms with Gasteiger partial charge in [0.15, 0.2) is 15.6 Å². The standard InChI is InChI=1S/C31H31NO5S/c1-38(35,36)27-13-7-22(8-14-27)28-15-9-24-21-25(33)10-16-29(24)30(28)31(34)23-5-11-26(12-6-23)37-20-19-32-17-3-2-4-18-32/h5-16,21,33H,2-4,17-20H2,1H3. The first kappa shape index (κ1) is 25.9. The van der Waals surface area contributed by atoms with Crippen molar-refractivity contribution in [2.75, 3.05) is 32.5 Å². The lowest BCUT2D eigenvalue weighted by molar-refractivity contribution is 0.104. The van der Waals surface area contributed by atoms with E-state index in [1.54, 1.807) is 54.6 Å². The van der Waals surface area contributed by atoms with Crippen molar-refractivity contribution in [2.45, 2.75) is 24.2 Å². The molecule has 0 unspecified atom stereocenters. The molecule has 1 aliphatic rings. The highest BCUT2D eigenvalue weighted by atomic mass is 32.2. The van der Waals surface area contributed by atoms with Gasteiger partial charge in [-0.05, 0) is 102 Å². The maximum Gasteiger partial charge on any atom is 0.194 e. The number of aromatic hydroxyl groups is 1. The third kappa shape index (κ3) is 5.74. The summed E-state index contributed by atoms with van der Waals surface area (Å²) < 4.78 is 29.8. The first-order valence-electron chi connectivity index (χ1n) is 12.9. The maximum absolute atomic E-state index is 13.9. The number of nitrogens with zero attached hydrogens (tertiary/aromatic N) is 1. The summed E-state index contributed by atoms with van der Waals surface area (Å²) in [7, 11) is -3.34. The Labute approximate surface area is 223 Å². The zero-order valence-corrected chi connectivity index (χ0v) is 22.2. The molecule has 5 rings (SSSR count). The highest BCUT2D eigenvalue weighted by Gasteiger charge is 2.20. The summed E-state index contributed by atoms with van der Waals surface area (Å²) in [5.74, 6) is 0.675. The number of hydrogen-bond acceptors (Lipinski definition) is 6. The molecule has 0 aromatic heterocycles. The van der Waals surface area contributed by atoms with E-state index in [4.69, 9.17) is 4.74 Å². The Kier molecular flexibility index (Phi) is 7.49. The topological polar surface area (TPSA) is 83.9 Å². The van der Waals surface area contributed by atoms with E-state index >= 15 is 0 Å². The third-order valence-electron chi connectivity index (χ3n) is 7.07. The van der Waals surface area contributed by atoms with Crippen LogP contribution in [0.2, 0.25) is 0 Å². The number of piperidine rings is 1. The number of carbonyl (C=O) groups excluding carboxylic acids is 1. The maximum atomic E-state index is 13.9. The zero-order valence-electron chi connectivity index (χ0n) is 21.4. The van der Waals surface area contributed by atoms with E-state index in [0.29, 0.717) is 28.7 Å². The van der Waals surface area contributed by atoms with Gasteiger partial charge in [0.2, 0.25) is 0 Å². The molecule has 1 saturated heterocycles. The number of carbonyl (C=O) groups is 1. The van der Waals surface area contributed by atoms with E-state index in [-0.39, 0.29) is 16.4 Å². The predicted octanol–water partition coefficient (Wildman–Crippen LogP) is 5.71. The molecule has 4 aromatic rings. The molecule has 1 fully saturated rings. The first-order chi connectivity index (χ1) is 18.3. The van der Waals surface area contributed by atoms with Crippen molar-refractivity contribution in [3.05, 3.63) is 90.0 Å². The lowest BCUT2D eigenvalue weighted by Gasteiger charge is -2.26. The minimum Gasteiger partial charge on any atom is -0.508 e. The lowest BCUT2D eigenvalue weighted by Crippen LogP contribution is -2.33. The van der Waals surface area contributed by atoms with Gasteiger partial charge >= 0.3 is 0 Å². The van der Waals surface area contributed by atoms with Crippen molar-refractivity contribution in [3.63, 3.8) is 0 Å². The molecule has 0 spiro atoms. The van der Waals surface area contributed by atoms with Gasteiger partial charge in [-0.2, -0.15) is 0 Å². The van der Waals surface area contributed by atoms with E-state index in [0.717, 1.165) is 36.3 Å². The van der Waals surface area contributed by atoms with Gasteiger partial charge in [0.25, 0.3) is 0 Å². The van der Waals surface area contributed by atoms with Crippen molar-refractivity contribution in [1.29, 1.82) is 0 Å². The number of phenols is 1. The highest BCUT2D eigenvalue weighted by Crippen LogP contribution is 2.34. The molecule has 7 heteroatoms. The fourth-order valence-corrected chi connectivity index (χ4v) is 5.64. The van der Waals surface area contributed by atoms with Crippen LogP contribution in [0.4, 0.5) is 0 Å². The molecule has 0 aliphatic carbocycles. The number of hydrogen-bond donors (Lipinski definition) is 1. The van der Waals surface area contributed by atoms with Gasteiger partial charge in [0.05, 0.1) is 4.90 Å². The van der Waals surface area contributed by atoms with Crippen LogP contribution < -0.4 is 4.74 Å². The number of ether oxygens (including phenoxy) is 1. The minimum absolute atomic E-state index is 0.118. The molecule has 0 bridgehead atoms. The van der Waals surface area contributed by atoms with Gasteiger partial charge in [-0.1, -0.05) is 30.7 Å². The fourth-order valence-electron chi connectivity index (χ4n) is 5.01. The molecule has 6 nitrogen and oxygen atoms in total. The van der Waals surface area contributed by atoms with Crippen LogP contribution in [0.25, 0.3) is 21.9 Å². The average molecular weight is 530 g/mol. The van der Waals surface area contributed by atoms with E-state index in [1.165, 1.54) is 25.5 Å². The fraction of sp³-hybridized carbons (Fsp3) is 0.258. The Morgan fingerprint density at radius 2 is 1.61 bits per heavy atom. The Bertz CT molecular complexity index is 1550. The van der Waals surface area contributed by atoms with Crippen LogP contribution in [0.15, 0.2) is 83.8 Å². The van der Waals surface area contributed by atoms with Gasteiger partial charge < -0.3 is 9.84 Å². The average Bonchev–Trinajstić information content (AvgIpc) is 2.92. The molecule has 1 aliphatic heterocycles. The van der Waals surface area contributed by atoms with Crippen LogP contribution in [0.1, 0.15) is 35.2 Å². The predicted molar refractivity (Wildman–Crippen MR) is 150 cm³/mol. The van der Waals surface area contributed by atoms with Crippen molar-refractivity contribution < 1.29 is 23.1 Å². The molecule has 0 atom stereocenters. The number of rotatable bonds is 8. The van der Waals surface area contributed by atoms with Crippen LogP contribution in [-0.4, -0.2) is 56.7 Å². The van der Waals surface area contributed by atoms with Gasteiger partial charge in [0.1, 0.15) is 18.1 Å². The van der Waals surface area contributed by atoms with Gasteiger partial charge in [-0.25, -0.2) is 8.42 Å². The highest BCUT2D eigenvalue weighted by molar-refractivity contribution is 7.90. The summed E-state index contributed by atoms with van der Waals surface area (Å²) in [5, 5.41) is 11.4. The van der Waals surface area contributed by atoms with Crippen LogP contribution in [-0.2, 0) is 9.84 Å². The summed E-state index contributed by atoms with van der Waals surface area (Å²) in [6.45, 7) is 3.75. The van der Waals surface area contributed by atoms with Crippen LogP contribution in [0.3, 0.4) is 0 Å². The SMILES string of the molecule is CS(=O)(=O)c1ccc(-c2ccc3cc(O)ccc3c2C(=O)c2ccc(OCCN3CCCCC3)cc2)cc1. The Morgan fingerprint density at radius 1 is 0.895 bits per heavy atom. The lowest BCUT2D eigenvalue weighted by atomic mass is 9.89. The molecule has 4 aromatic carbocycles. The summed E-state index contributed by atoms with van der Waals surface area (Å²) in [4.78, 5) is 16.5. The molecule has 0 saturated carbocycles. The molecule has 0 amide bonds. The third-order valence-corrected chi connectivity index (χ3v) is 8.19. The molecule has 38 heavy (non-hydrogen) atoms. The Hall–Kier alpha value is -3.68. The minimum atomic E-state index is -3.34. The molecule has 1 heterocycles. The molecule has 196 valence electrons. The normalized spacial score (nSPS) is 14.4. The number of sulfone groups is 1. The number of phenolic OH excluding ortho intramolecular Hbond substituents is 1. The second-order valence-corrected chi connectivity index (χ2v) is 11.8. The second-order valence-electron chi connectivity index (χ2n) is 9.79. The molecular formula is C31H31NO5S. The molecule has 1 N–H and O–H groups in total. The quantitative estimate of drug-likeness (QED) is 0.294. The number of fused-ring (bicyclic) bond motifs is 1. The zero-order chi connectivity index (χ0) is 26.7. The van der Waals surface area contributed by atoms with E-state index in [2.05, 4.69) is 4.90 Å². The summed E-state index contributed by atoms with van der Waals surface area (Å²) in [5.41, 5.74) is 2.43. The van der Waals surface area contributed by atoms with Crippen molar-refractivity contribution in [1.82, 2.24) is 4.90 Å². The van der Waals surface area contributed by atoms with Crippen molar-refractivity contribution in [3.8, 4) is 22.6 Å². The van der Waals surface area contributed by atoms with Crippen molar-refractivity contribution in [2.24, 2.45) is 0 Å². The second kappa shape index (κ2) is 11.0. The summed E-state index contributed by atoms with van der Waals surface area (Å²) in [6.07, 6.45) is 4.96.